The Morgan fingerprint density at radius 2 is 1.35 bits per heavy atom. The van der Waals surface area contributed by atoms with Crippen molar-refractivity contribution >= 4 is 46.3 Å². The number of hydrogen-bond donors (Lipinski definition) is 1. The topological polar surface area (TPSA) is 53.5 Å². The van der Waals surface area contributed by atoms with Crippen LogP contribution in [0.5, 0.6) is 0 Å². The molecule has 0 atom stereocenters. The minimum Gasteiger partial charge on any atom is -0.465 e. The molecule has 1 aliphatic rings. The molecule has 1 aliphatic heterocycles. The van der Waals surface area contributed by atoms with E-state index in [4.69, 9.17) is 0 Å². The first-order chi connectivity index (χ1) is 16.2. The van der Waals surface area contributed by atoms with Crippen molar-refractivity contribution in [3.05, 3.63) is 66.2 Å². The minimum atomic E-state index is -0.942. The lowest BCUT2D eigenvalue weighted by atomic mass is 10.1. The maximum atomic E-state index is 11.3. The van der Waals surface area contributed by atoms with Gasteiger partial charge in [0.25, 0.3) is 0 Å². The van der Waals surface area contributed by atoms with Crippen molar-refractivity contribution in [3.8, 4) is 0 Å². The molecule has 178 valence electrons. The zero-order valence-electron chi connectivity index (χ0n) is 20.5. The summed E-state index contributed by atoms with van der Waals surface area (Å²) in [6.07, 6.45) is -0.942. The van der Waals surface area contributed by atoms with E-state index in [2.05, 4.69) is 84.4 Å². The maximum absolute atomic E-state index is 11.3. The summed E-state index contributed by atoms with van der Waals surface area (Å²) in [6, 6.07) is 21.1. The summed E-state index contributed by atoms with van der Waals surface area (Å²) < 4.78 is 0. The molecule has 0 fully saturated rings. The highest BCUT2D eigenvalue weighted by atomic mass is 32.2. The molecular formula is C26H31N5O2S. The van der Waals surface area contributed by atoms with Crippen LogP contribution in [0.1, 0.15) is 5.56 Å². The van der Waals surface area contributed by atoms with E-state index < -0.39 is 6.09 Å². The molecule has 0 radical (unpaired) electrons. The molecule has 1 heterocycles. The number of benzene rings is 3. The van der Waals surface area contributed by atoms with Gasteiger partial charge in [-0.2, -0.15) is 0 Å². The summed E-state index contributed by atoms with van der Waals surface area (Å²) in [5, 5.41) is 13.6. The molecule has 7 nitrogen and oxygen atoms in total. The molecule has 4 rings (SSSR count). The van der Waals surface area contributed by atoms with Crippen molar-refractivity contribution in [3.63, 3.8) is 0 Å². The fourth-order valence-electron chi connectivity index (χ4n) is 3.96. The summed E-state index contributed by atoms with van der Waals surface area (Å²) in [4.78, 5) is 19.2. The standard InChI is InChI=1S/C26H31N5O2S/c1-27(2)19-10-12-22-24(15-19)34-25-16-20(28(3)4)11-13-23(25)31(22)30(6)21-9-7-8-18(14-21)17-29(5)26(32)33/h7-16H,17H2,1-6H3,(H,32,33). The number of carbonyl (C=O) groups is 1. The Labute approximate surface area is 205 Å². The molecule has 0 aromatic heterocycles. The Morgan fingerprint density at radius 1 is 0.794 bits per heavy atom. The van der Waals surface area contributed by atoms with E-state index >= 15 is 0 Å². The Balaban J connectivity index is 1.79. The minimum absolute atomic E-state index is 0.332. The Hall–Kier alpha value is -3.52. The number of rotatable bonds is 6. The van der Waals surface area contributed by atoms with Crippen LogP contribution in [0.2, 0.25) is 0 Å². The number of nitrogens with zero attached hydrogens (tertiary/aromatic N) is 5. The summed E-state index contributed by atoms with van der Waals surface area (Å²) in [7, 11) is 11.8. The molecule has 0 spiro atoms. The number of carboxylic acid groups (broad SMARTS) is 1. The third-order valence-electron chi connectivity index (χ3n) is 5.93. The molecule has 0 bridgehead atoms. The van der Waals surface area contributed by atoms with E-state index in [1.807, 2.05) is 31.3 Å². The van der Waals surface area contributed by atoms with Gasteiger partial charge in [0.2, 0.25) is 0 Å². The van der Waals surface area contributed by atoms with Crippen LogP contribution in [0.25, 0.3) is 0 Å². The lowest BCUT2D eigenvalue weighted by Crippen LogP contribution is -2.38. The number of hydrogen-bond acceptors (Lipinski definition) is 6. The first-order valence-corrected chi connectivity index (χ1v) is 11.8. The number of hydrazine groups is 1. The van der Waals surface area contributed by atoms with Crippen molar-refractivity contribution in [1.82, 2.24) is 4.90 Å². The second-order valence-electron chi connectivity index (χ2n) is 8.84. The zero-order valence-corrected chi connectivity index (χ0v) is 21.3. The van der Waals surface area contributed by atoms with E-state index in [0.717, 1.165) is 34.0 Å². The lowest BCUT2D eigenvalue weighted by Gasteiger charge is -2.40. The molecule has 1 N–H and O–H groups in total. The highest BCUT2D eigenvalue weighted by molar-refractivity contribution is 7.99. The fourth-order valence-corrected chi connectivity index (χ4v) is 5.07. The second kappa shape index (κ2) is 9.38. The van der Waals surface area contributed by atoms with Crippen LogP contribution in [0.15, 0.2) is 70.5 Å². The van der Waals surface area contributed by atoms with Gasteiger partial charge in [-0.1, -0.05) is 23.9 Å². The molecule has 1 amide bonds. The van der Waals surface area contributed by atoms with Crippen molar-refractivity contribution in [1.29, 1.82) is 0 Å². The predicted molar refractivity (Wildman–Crippen MR) is 142 cm³/mol. The number of amides is 1. The van der Waals surface area contributed by atoms with Crippen molar-refractivity contribution in [2.24, 2.45) is 0 Å². The summed E-state index contributed by atoms with van der Waals surface area (Å²) in [6.45, 7) is 0.332. The Morgan fingerprint density at radius 3 is 1.85 bits per heavy atom. The van der Waals surface area contributed by atoms with E-state index in [-0.39, 0.29) is 0 Å². The van der Waals surface area contributed by atoms with Crippen molar-refractivity contribution in [2.45, 2.75) is 16.3 Å². The van der Waals surface area contributed by atoms with Gasteiger partial charge in [0.1, 0.15) is 0 Å². The van der Waals surface area contributed by atoms with Gasteiger partial charge in [-0.3, -0.25) is 10.0 Å². The average molecular weight is 478 g/mol. The van der Waals surface area contributed by atoms with Gasteiger partial charge in [0.05, 0.1) is 17.1 Å². The van der Waals surface area contributed by atoms with Crippen LogP contribution in [0, 0.1) is 0 Å². The summed E-state index contributed by atoms with van der Waals surface area (Å²) >= 11 is 1.78. The third-order valence-corrected chi connectivity index (χ3v) is 7.02. The van der Waals surface area contributed by atoms with Crippen molar-refractivity contribution in [2.75, 3.05) is 62.1 Å². The summed E-state index contributed by atoms with van der Waals surface area (Å²) in [5.41, 5.74) is 6.44. The van der Waals surface area contributed by atoms with E-state index in [1.54, 1.807) is 18.8 Å². The second-order valence-corrected chi connectivity index (χ2v) is 9.92. The molecule has 0 saturated heterocycles. The fraction of sp³-hybridized carbons (Fsp3) is 0.269. The molecule has 8 heteroatoms. The maximum Gasteiger partial charge on any atom is 0.407 e. The molecule has 0 aliphatic carbocycles. The smallest absolute Gasteiger partial charge is 0.407 e. The molecule has 3 aromatic carbocycles. The van der Waals surface area contributed by atoms with E-state index in [0.29, 0.717) is 6.54 Å². The van der Waals surface area contributed by atoms with Gasteiger partial charge in [-0.15, -0.1) is 0 Å². The van der Waals surface area contributed by atoms with Crippen molar-refractivity contribution < 1.29 is 9.90 Å². The molecule has 0 saturated carbocycles. The van der Waals surface area contributed by atoms with Crippen LogP contribution in [0.3, 0.4) is 0 Å². The van der Waals surface area contributed by atoms with E-state index in [9.17, 15) is 9.90 Å². The Kier molecular flexibility index (Phi) is 6.52. The average Bonchev–Trinajstić information content (AvgIpc) is 2.81. The SMILES string of the molecule is CN(Cc1cccc(N(C)N2c3ccc(N(C)C)cc3Sc3cc(N(C)C)ccc32)c1)C(=O)O. The molecule has 34 heavy (non-hydrogen) atoms. The van der Waals surface area contributed by atoms with Gasteiger partial charge in [-0.05, 0) is 54.1 Å². The normalized spacial score (nSPS) is 12.0. The lowest BCUT2D eigenvalue weighted by molar-refractivity contribution is 0.154. The zero-order chi connectivity index (χ0) is 24.6. The predicted octanol–water partition coefficient (Wildman–Crippen LogP) is 5.58. The van der Waals surface area contributed by atoms with Crippen LogP contribution in [0.4, 0.5) is 33.2 Å². The first-order valence-electron chi connectivity index (χ1n) is 11.0. The van der Waals surface area contributed by atoms with Gasteiger partial charge in [0, 0.05) is 70.0 Å². The molecule has 3 aromatic rings. The number of anilines is 5. The molecule has 0 unspecified atom stereocenters. The van der Waals surface area contributed by atoms with Gasteiger partial charge in [0.15, 0.2) is 0 Å². The number of fused-ring (bicyclic) bond motifs is 2. The van der Waals surface area contributed by atoms with Crippen LogP contribution >= 0.6 is 11.8 Å². The van der Waals surface area contributed by atoms with Crippen LogP contribution in [-0.2, 0) is 6.54 Å². The highest BCUT2D eigenvalue weighted by Gasteiger charge is 2.28. The van der Waals surface area contributed by atoms with Crippen LogP contribution < -0.4 is 19.8 Å². The van der Waals surface area contributed by atoms with Crippen LogP contribution in [-0.4, -0.2) is 58.4 Å². The Bertz CT molecular complexity index is 1160. The first kappa shape index (κ1) is 23.6. The van der Waals surface area contributed by atoms with Gasteiger partial charge >= 0.3 is 6.09 Å². The van der Waals surface area contributed by atoms with E-state index in [1.165, 1.54) is 14.7 Å². The highest BCUT2D eigenvalue weighted by Crippen LogP contribution is 2.51. The largest absolute Gasteiger partial charge is 0.465 e. The quantitative estimate of drug-likeness (QED) is 0.497. The van der Waals surface area contributed by atoms with Gasteiger partial charge in [-0.25, -0.2) is 4.79 Å². The summed E-state index contributed by atoms with van der Waals surface area (Å²) in [5.74, 6) is 0. The monoisotopic (exact) mass is 477 g/mol. The third kappa shape index (κ3) is 4.59. The molecular weight excluding hydrogens is 446 g/mol. The van der Waals surface area contributed by atoms with Gasteiger partial charge < -0.3 is 19.8 Å².